The Kier molecular flexibility index (Phi) is 3.68. The van der Waals surface area contributed by atoms with Gasteiger partial charge in [0.25, 0.3) is 0 Å². The molecule has 4 unspecified atom stereocenters. The smallest absolute Gasteiger partial charge is 0.423 e. The molecule has 0 heterocycles. The van der Waals surface area contributed by atoms with Gasteiger partial charge in [-0.15, -0.1) is 0 Å². The Morgan fingerprint density at radius 1 is 0.739 bits per heavy atom. The molecule has 1 aromatic carbocycles. The lowest BCUT2D eigenvalue weighted by Gasteiger charge is -2.40. The lowest BCUT2D eigenvalue weighted by Crippen LogP contribution is -2.32. The van der Waals surface area contributed by atoms with Crippen molar-refractivity contribution in [3.63, 3.8) is 0 Å². The maximum absolute atomic E-state index is 9.27. The average molecular weight is 302 g/mol. The minimum absolute atomic E-state index is 0.377. The zero-order valence-electron chi connectivity index (χ0n) is 12.8. The molecule has 23 heavy (non-hydrogen) atoms. The number of hydrogen-bond acceptors (Lipinski definition) is 2. The average Bonchev–Trinajstić information content (AvgIpc) is 2.61. The molecule has 0 saturated heterocycles. The number of hydrogen-bond donors (Lipinski definition) is 2. The molecule has 3 aliphatic carbocycles. The van der Waals surface area contributed by atoms with Crippen LogP contribution in [0.1, 0.15) is 5.56 Å². The van der Waals surface area contributed by atoms with Crippen LogP contribution in [0.25, 0.3) is 5.57 Å². The molecule has 0 aliphatic heterocycles. The van der Waals surface area contributed by atoms with Gasteiger partial charge in [0.1, 0.15) is 0 Å². The van der Waals surface area contributed by atoms with E-state index in [1.807, 2.05) is 12.1 Å². The molecular formula is C20H19BO2. The predicted molar refractivity (Wildman–Crippen MR) is 94.8 cm³/mol. The van der Waals surface area contributed by atoms with Crippen LogP contribution >= 0.6 is 0 Å². The van der Waals surface area contributed by atoms with Crippen LogP contribution in [0.4, 0.5) is 0 Å². The minimum Gasteiger partial charge on any atom is -0.423 e. The van der Waals surface area contributed by atoms with E-state index in [0.717, 1.165) is 5.56 Å². The SMILES string of the molecule is OB(O)c1ccc(C2=CC3C=CC=CC3C3C=CC=CC23)cc1. The first kappa shape index (κ1) is 14.5. The topological polar surface area (TPSA) is 40.5 Å². The number of allylic oxidation sites excluding steroid dienone is 10. The maximum atomic E-state index is 9.27. The third-order valence-electron chi connectivity index (χ3n) is 5.12. The van der Waals surface area contributed by atoms with Crippen molar-refractivity contribution in [2.45, 2.75) is 0 Å². The molecule has 0 fully saturated rings. The third kappa shape index (κ3) is 2.56. The second-order valence-corrected chi connectivity index (χ2v) is 6.42. The molecule has 0 aromatic heterocycles. The summed E-state index contributed by atoms with van der Waals surface area (Å²) in [7, 11) is -1.41. The van der Waals surface area contributed by atoms with Crippen molar-refractivity contribution < 1.29 is 10.0 Å². The van der Waals surface area contributed by atoms with Crippen LogP contribution in [0.5, 0.6) is 0 Å². The fourth-order valence-corrected chi connectivity index (χ4v) is 3.95. The van der Waals surface area contributed by atoms with Crippen molar-refractivity contribution in [3.05, 3.63) is 84.5 Å². The normalized spacial score (nSPS) is 30.6. The van der Waals surface area contributed by atoms with Gasteiger partial charge in [0, 0.05) is 11.8 Å². The number of fused-ring (bicyclic) bond motifs is 3. The second kappa shape index (κ2) is 5.84. The van der Waals surface area contributed by atoms with Gasteiger partial charge in [-0.1, -0.05) is 78.9 Å². The van der Waals surface area contributed by atoms with E-state index < -0.39 is 7.12 Å². The predicted octanol–water partition coefficient (Wildman–Crippen LogP) is 2.48. The van der Waals surface area contributed by atoms with E-state index >= 15 is 0 Å². The van der Waals surface area contributed by atoms with Crippen LogP contribution in [0.2, 0.25) is 0 Å². The van der Waals surface area contributed by atoms with Gasteiger partial charge in [-0.2, -0.15) is 0 Å². The zero-order valence-corrected chi connectivity index (χ0v) is 12.8. The largest absolute Gasteiger partial charge is 0.488 e. The maximum Gasteiger partial charge on any atom is 0.488 e. The Morgan fingerprint density at radius 2 is 1.39 bits per heavy atom. The van der Waals surface area contributed by atoms with Crippen molar-refractivity contribution in [3.8, 4) is 0 Å². The first-order valence-electron chi connectivity index (χ1n) is 8.12. The summed E-state index contributed by atoms with van der Waals surface area (Å²) in [5.74, 6) is 1.81. The fraction of sp³-hybridized carbons (Fsp3) is 0.200. The van der Waals surface area contributed by atoms with E-state index in [9.17, 15) is 10.0 Å². The third-order valence-corrected chi connectivity index (χ3v) is 5.12. The zero-order chi connectivity index (χ0) is 15.8. The Labute approximate surface area is 137 Å². The van der Waals surface area contributed by atoms with Gasteiger partial charge in [-0.05, 0) is 28.4 Å². The lowest BCUT2D eigenvalue weighted by molar-refractivity contribution is 0.357. The van der Waals surface area contributed by atoms with E-state index in [1.54, 1.807) is 12.1 Å². The molecule has 1 aromatic rings. The van der Waals surface area contributed by atoms with E-state index in [1.165, 1.54) is 5.57 Å². The highest BCUT2D eigenvalue weighted by Gasteiger charge is 2.37. The highest BCUT2D eigenvalue weighted by molar-refractivity contribution is 6.58. The summed E-state index contributed by atoms with van der Waals surface area (Å²) in [6, 6.07) is 7.57. The van der Waals surface area contributed by atoms with Gasteiger partial charge in [-0.3, -0.25) is 0 Å². The highest BCUT2D eigenvalue weighted by Crippen LogP contribution is 2.47. The van der Waals surface area contributed by atoms with Crippen molar-refractivity contribution >= 4 is 18.2 Å². The van der Waals surface area contributed by atoms with Gasteiger partial charge in [0.15, 0.2) is 0 Å². The highest BCUT2D eigenvalue weighted by atomic mass is 16.4. The van der Waals surface area contributed by atoms with E-state index in [0.29, 0.717) is 29.1 Å². The molecular weight excluding hydrogens is 283 g/mol. The quantitative estimate of drug-likeness (QED) is 0.824. The van der Waals surface area contributed by atoms with E-state index in [-0.39, 0.29) is 0 Å². The number of rotatable bonds is 2. The molecule has 3 aliphatic rings. The second-order valence-electron chi connectivity index (χ2n) is 6.42. The van der Waals surface area contributed by atoms with Gasteiger partial charge in [0.05, 0.1) is 0 Å². The Hall–Kier alpha value is -2.10. The van der Waals surface area contributed by atoms with Crippen LogP contribution < -0.4 is 5.46 Å². The van der Waals surface area contributed by atoms with Crippen molar-refractivity contribution in [2.75, 3.05) is 0 Å². The lowest BCUT2D eigenvalue weighted by atomic mass is 9.63. The molecule has 2 nitrogen and oxygen atoms in total. The first-order valence-corrected chi connectivity index (χ1v) is 8.12. The summed E-state index contributed by atoms with van der Waals surface area (Å²) < 4.78 is 0. The summed E-state index contributed by atoms with van der Waals surface area (Å²) in [6.45, 7) is 0. The van der Waals surface area contributed by atoms with Gasteiger partial charge >= 0.3 is 7.12 Å². The summed E-state index contributed by atoms with van der Waals surface area (Å²) >= 11 is 0. The minimum atomic E-state index is -1.41. The molecule has 0 bridgehead atoms. The van der Waals surface area contributed by atoms with Gasteiger partial charge in [0.2, 0.25) is 0 Å². The first-order chi connectivity index (χ1) is 11.2. The molecule has 2 N–H and O–H groups in total. The van der Waals surface area contributed by atoms with Gasteiger partial charge in [-0.25, -0.2) is 0 Å². The van der Waals surface area contributed by atoms with E-state index in [2.05, 4.69) is 54.7 Å². The van der Waals surface area contributed by atoms with Crippen LogP contribution in [0.15, 0.2) is 78.9 Å². The molecule has 4 atom stereocenters. The molecule has 0 radical (unpaired) electrons. The Balaban J connectivity index is 1.75. The standard InChI is InChI=1S/C20H19BO2/c22-21(23)16-11-9-14(10-12-16)20-13-15-5-1-2-6-17(15)18-7-3-4-8-19(18)20/h1-13,15,17-19,22-23H. The molecule has 3 heteroatoms. The molecule has 114 valence electrons. The van der Waals surface area contributed by atoms with E-state index in [4.69, 9.17) is 0 Å². The van der Waals surface area contributed by atoms with Crippen LogP contribution in [0.3, 0.4) is 0 Å². The molecule has 0 spiro atoms. The van der Waals surface area contributed by atoms with Crippen molar-refractivity contribution in [2.24, 2.45) is 23.7 Å². The fourth-order valence-electron chi connectivity index (χ4n) is 3.95. The summed E-state index contributed by atoms with van der Waals surface area (Å²) in [6.07, 6.45) is 20.1. The van der Waals surface area contributed by atoms with Gasteiger partial charge < -0.3 is 10.0 Å². The monoisotopic (exact) mass is 302 g/mol. The molecule has 0 saturated carbocycles. The number of benzene rings is 1. The Bertz CT molecular complexity index is 737. The van der Waals surface area contributed by atoms with Crippen LogP contribution in [-0.4, -0.2) is 17.2 Å². The van der Waals surface area contributed by atoms with Crippen LogP contribution in [0, 0.1) is 23.7 Å². The van der Waals surface area contributed by atoms with Crippen LogP contribution in [-0.2, 0) is 0 Å². The molecule has 4 rings (SSSR count). The van der Waals surface area contributed by atoms with Crippen molar-refractivity contribution in [1.82, 2.24) is 0 Å². The Morgan fingerprint density at radius 3 is 2.13 bits per heavy atom. The summed E-state index contributed by atoms with van der Waals surface area (Å²) in [4.78, 5) is 0. The summed E-state index contributed by atoms with van der Waals surface area (Å²) in [5, 5.41) is 18.5. The summed E-state index contributed by atoms with van der Waals surface area (Å²) in [5.41, 5.74) is 3.01. The molecule has 0 amide bonds. The van der Waals surface area contributed by atoms with Crippen molar-refractivity contribution in [1.29, 1.82) is 0 Å².